The van der Waals surface area contributed by atoms with Gasteiger partial charge in [0.1, 0.15) is 6.10 Å². The number of hydrogen-bond acceptors (Lipinski definition) is 4. The summed E-state index contributed by atoms with van der Waals surface area (Å²) in [6.07, 6.45) is 4.93. The zero-order valence-electron chi connectivity index (χ0n) is 9.41. The first kappa shape index (κ1) is 10.9. The number of aliphatic hydroxyl groups excluding tert-OH is 1. The smallest absolute Gasteiger partial charge is 0.116 e. The molecule has 1 N–H and O–H groups in total. The van der Waals surface area contributed by atoms with E-state index in [1.54, 1.807) is 6.20 Å². The minimum absolute atomic E-state index is 0.588. The molecule has 1 saturated carbocycles. The molecule has 1 atom stereocenters. The van der Waals surface area contributed by atoms with Crippen molar-refractivity contribution >= 4 is 11.5 Å². The SMILES string of the molecule is OC(c1cccc(C2CCC2)c1)c1cnns1. The Morgan fingerprint density at radius 2 is 2.24 bits per heavy atom. The summed E-state index contributed by atoms with van der Waals surface area (Å²) in [6.45, 7) is 0. The van der Waals surface area contributed by atoms with E-state index in [0.29, 0.717) is 5.92 Å². The maximum absolute atomic E-state index is 10.2. The quantitative estimate of drug-likeness (QED) is 0.905. The molecule has 0 bridgehead atoms. The first-order chi connectivity index (χ1) is 8.34. The highest BCUT2D eigenvalue weighted by atomic mass is 32.1. The molecule has 88 valence electrons. The Bertz CT molecular complexity index is 494. The van der Waals surface area contributed by atoms with E-state index in [4.69, 9.17) is 0 Å². The third-order valence-corrected chi connectivity index (χ3v) is 4.17. The number of benzene rings is 1. The molecule has 1 unspecified atom stereocenters. The highest BCUT2D eigenvalue weighted by molar-refractivity contribution is 7.05. The minimum atomic E-state index is -0.588. The molecule has 0 radical (unpaired) electrons. The van der Waals surface area contributed by atoms with Crippen molar-refractivity contribution < 1.29 is 5.11 Å². The Balaban J connectivity index is 1.87. The maximum atomic E-state index is 10.2. The molecule has 1 aliphatic rings. The molecule has 4 heteroatoms. The molecule has 0 spiro atoms. The second kappa shape index (κ2) is 4.55. The van der Waals surface area contributed by atoms with Gasteiger partial charge in [-0.2, -0.15) is 0 Å². The van der Waals surface area contributed by atoms with Gasteiger partial charge in [0.2, 0.25) is 0 Å². The summed E-state index contributed by atoms with van der Waals surface area (Å²) in [6, 6.07) is 8.27. The van der Waals surface area contributed by atoms with Crippen LogP contribution in [0.1, 0.15) is 47.3 Å². The number of aromatic nitrogens is 2. The summed E-state index contributed by atoms with van der Waals surface area (Å²) in [4.78, 5) is 0.802. The van der Waals surface area contributed by atoms with E-state index in [0.717, 1.165) is 10.4 Å². The van der Waals surface area contributed by atoms with E-state index in [1.807, 2.05) is 12.1 Å². The lowest BCUT2D eigenvalue weighted by molar-refractivity contribution is 0.223. The van der Waals surface area contributed by atoms with E-state index >= 15 is 0 Å². The van der Waals surface area contributed by atoms with Crippen molar-refractivity contribution in [3.05, 3.63) is 46.5 Å². The number of aliphatic hydroxyl groups is 1. The molecule has 0 aliphatic heterocycles. The molecule has 2 aromatic rings. The van der Waals surface area contributed by atoms with Crippen LogP contribution in [-0.4, -0.2) is 14.7 Å². The Kier molecular flexibility index (Phi) is 2.91. The molecule has 1 aromatic heterocycles. The van der Waals surface area contributed by atoms with Gasteiger partial charge in [-0.3, -0.25) is 0 Å². The lowest BCUT2D eigenvalue weighted by atomic mass is 9.79. The van der Waals surface area contributed by atoms with E-state index in [2.05, 4.69) is 21.7 Å². The zero-order valence-corrected chi connectivity index (χ0v) is 10.2. The van der Waals surface area contributed by atoms with Gasteiger partial charge in [-0.25, -0.2) is 0 Å². The van der Waals surface area contributed by atoms with Gasteiger partial charge < -0.3 is 5.11 Å². The van der Waals surface area contributed by atoms with Crippen LogP contribution in [0.15, 0.2) is 30.5 Å². The van der Waals surface area contributed by atoms with Gasteiger partial charge in [-0.1, -0.05) is 35.2 Å². The fraction of sp³-hybridized carbons (Fsp3) is 0.385. The van der Waals surface area contributed by atoms with Crippen LogP contribution < -0.4 is 0 Å². The number of nitrogens with zero attached hydrogens (tertiary/aromatic N) is 2. The number of rotatable bonds is 3. The van der Waals surface area contributed by atoms with Crippen LogP contribution in [0.25, 0.3) is 0 Å². The first-order valence-electron chi connectivity index (χ1n) is 5.90. The standard InChI is InChI=1S/C13H14N2OS/c16-13(12-8-14-15-17-12)11-6-2-5-10(7-11)9-3-1-4-9/h2,5-9,13,16H,1,3-4H2. The number of hydrogen-bond donors (Lipinski definition) is 1. The molecule has 1 aliphatic carbocycles. The van der Waals surface area contributed by atoms with Crippen molar-refractivity contribution in [1.82, 2.24) is 9.59 Å². The van der Waals surface area contributed by atoms with E-state index < -0.39 is 6.10 Å². The summed E-state index contributed by atoms with van der Waals surface area (Å²) in [5, 5.41) is 14.0. The minimum Gasteiger partial charge on any atom is -0.383 e. The molecule has 1 heterocycles. The summed E-state index contributed by atoms with van der Waals surface area (Å²) in [7, 11) is 0. The lowest BCUT2D eigenvalue weighted by Gasteiger charge is -2.26. The topological polar surface area (TPSA) is 46.0 Å². The predicted octanol–water partition coefficient (Wildman–Crippen LogP) is 2.89. The summed E-state index contributed by atoms with van der Waals surface area (Å²) >= 11 is 1.25. The fourth-order valence-electron chi connectivity index (χ4n) is 2.18. The molecular formula is C13H14N2OS. The van der Waals surface area contributed by atoms with Crippen LogP contribution in [0.3, 0.4) is 0 Å². The fourth-order valence-corrected chi connectivity index (χ4v) is 2.70. The summed E-state index contributed by atoms with van der Waals surface area (Å²) < 4.78 is 3.79. The van der Waals surface area contributed by atoms with Crippen molar-refractivity contribution in [2.45, 2.75) is 31.3 Å². The molecule has 3 rings (SSSR count). The van der Waals surface area contributed by atoms with Crippen molar-refractivity contribution in [1.29, 1.82) is 0 Å². The lowest BCUT2D eigenvalue weighted by Crippen LogP contribution is -2.09. The Morgan fingerprint density at radius 3 is 2.88 bits per heavy atom. The normalized spacial score (nSPS) is 17.7. The second-order valence-electron chi connectivity index (χ2n) is 4.52. The van der Waals surface area contributed by atoms with Crippen LogP contribution in [0.2, 0.25) is 0 Å². The largest absolute Gasteiger partial charge is 0.383 e. The first-order valence-corrected chi connectivity index (χ1v) is 6.67. The van der Waals surface area contributed by atoms with Gasteiger partial charge in [0, 0.05) is 0 Å². The van der Waals surface area contributed by atoms with Gasteiger partial charge in [-0.15, -0.1) is 5.10 Å². The van der Waals surface area contributed by atoms with E-state index in [1.165, 1.54) is 36.4 Å². The average Bonchev–Trinajstić information content (AvgIpc) is 2.79. The molecule has 17 heavy (non-hydrogen) atoms. The molecule has 3 nitrogen and oxygen atoms in total. The van der Waals surface area contributed by atoms with Gasteiger partial charge in [-0.05, 0) is 41.4 Å². The summed E-state index contributed by atoms with van der Waals surface area (Å²) in [5.41, 5.74) is 2.30. The van der Waals surface area contributed by atoms with Crippen molar-refractivity contribution in [3.8, 4) is 0 Å². The van der Waals surface area contributed by atoms with Crippen LogP contribution in [-0.2, 0) is 0 Å². The Hall–Kier alpha value is -1.26. The molecule has 0 saturated heterocycles. The predicted molar refractivity (Wildman–Crippen MR) is 67.0 cm³/mol. The van der Waals surface area contributed by atoms with Crippen LogP contribution in [0.5, 0.6) is 0 Å². The Labute approximate surface area is 104 Å². The van der Waals surface area contributed by atoms with Gasteiger partial charge in [0.05, 0.1) is 11.1 Å². The third-order valence-electron chi connectivity index (χ3n) is 3.45. The van der Waals surface area contributed by atoms with Crippen LogP contribution >= 0.6 is 11.5 Å². The zero-order chi connectivity index (χ0) is 11.7. The van der Waals surface area contributed by atoms with E-state index in [-0.39, 0.29) is 0 Å². The molecule has 0 amide bonds. The summed E-state index contributed by atoms with van der Waals surface area (Å²) in [5.74, 6) is 0.696. The van der Waals surface area contributed by atoms with Gasteiger partial charge in [0.15, 0.2) is 0 Å². The monoisotopic (exact) mass is 246 g/mol. The molecular weight excluding hydrogens is 232 g/mol. The van der Waals surface area contributed by atoms with Crippen LogP contribution in [0.4, 0.5) is 0 Å². The highest BCUT2D eigenvalue weighted by Gasteiger charge is 2.21. The van der Waals surface area contributed by atoms with Crippen molar-refractivity contribution in [2.24, 2.45) is 0 Å². The van der Waals surface area contributed by atoms with Crippen LogP contribution in [0, 0.1) is 0 Å². The van der Waals surface area contributed by atoms with Crippen molar-refractivity contribution in [3.63, 3.8) is 0 Å². The van der Waals surface area contributed by atoms with Crippen molar-refractivity contribution in [2.75, 3.05) is 0 Å². The molecule has 1 fully saturated rings. The third kappa shape index (κ3) is 2.10. The Morgan fingerprint density at radius 1 is 1.35 bits per heavy atom. The van der Waals surface area contributed by atoms with E-state index in [9.17, 15) is 5.11 Å². The van der Waals surface area contributed by atoms with Gasteiger partial charge >= 0.3 is 0 Å². The molecule has 1 aromatic carbocycles. The second-order valence-corrected chi connectivity index (χ2v) is 5.34. The van der Waals surface area contributed by atoms with Gasteiger partial charge in [0.25, 0.3) is 0 Å². The highest BCUT2D eigenvalue weighted by Crippen LogP contribution is 2.37. The maximum Gasteiger partial charge on any atom is 0.116 e. The average molecular weight is 246 g/mol.